The Morgan fingerprint density at radius 3 is 2.15 bits per heavy atom. The predicted molar refractivity (Wildman–Crippen MR) is 80.3 cm³/mol. The Morgan fingerprint density at radius 1 is 0.700 bits per heavy atom. The monoisotopic (exact) mass is 255 g/mol. The van der Waals surface area contributed by atoms with Gasteiger partial charge < -0.3 is 5.11 Å². The van der Waals surface area contributed by atoms with E-state index in [-0.39, 0.29) is 24.6 Å². The molecule has 0 bridgehead atoms. The average Bonchev–Trinajstić information content (AvgIpc) is 2.49. The van der Waals surface area contributed by atoms with Gasteiger partial charge in [0.1, 0.15) is 5.75 Å². The van der Waals surface area contributed by atoms with Crippen LogP contribution in [0.5, 0.6) is 5.75 Å². The van der Waals surface area contributed by atoms with Crippen molar-refractivity contribution < 1.29 is 5.11 Å². The van der Waals surface area contributed by atoms with Gasteiger partial charge in [-0.25, -0.2) is 4.98 Å². The Balaban J connectivity index is 0.00000147. The fourth-order valence-corrected chi connectivity index (χ4v) is 1.93. The molecule has 3 rings (SSSR count). The molecular weight excluding hydrogens is 243 g/mol. The van der Waals surface area contributed by atoms with E-state index in [1.807, 2.05) is 48.5 Å². The van der Waals surface area contributed by atoms with Gasteiger partial charge in [-0.1, -0.05) is 24.3 Å². The Labute approximate surface area is 129 Å². The average molecular weight is 255 g/mol. The van der Waals surface area contributed by atoms with Crippen LogP contribution in [0.4, 0.5) is 0 Å². The van der Waals surface area contributed by atoms with Crippen molar-refractivity contribution in [2.24, 2.45) is 0 Å². The molecule has 3 aromatic rings. The summed E-state index contributed by atoms with van der Waals surface area (Å²) in [4.78, 5) is 8.83. The van der Waals surface area contributed by atoms with E-state index in [1.165, 1.54) is 0 Å². The number of aromatic nitrogens is 2. The summed E-state index contributed by atoms with van der Waals surface area (Å²) in [5.74, 6) is 0.230. The molecule has 4 heteroatoms. The standard InChI is InChI=1S/C16H12N2O.Li/c19-16-10-2-1-6-12(16)13-8-5-9-15(18-13)14-7-3-4-11-17-14;/h1-11,19H;. The summed E-state index contributed by atoms with van der Waals surface area (Å²) >= 11 is 0. The largest absolute Gasteiger partial charge is 0.507 e. The van der Waals surface area contributed by atoms with Crippen molar-refractivity contribution >= 4 is 18.9 Å². The van der Waals surface area contributed by atoms with Crippen LogP contribution in [0.1, 0.15) is 0 Å². The van der Waals surface area contributed by atoms with E-state index in [4.69, 9.17) is 0 Å². The van der Waals surface area contributed by atoms with Crippen molar-refractivity contribution in [3.8, 4) is 28.4 Å². The van der Waals surface area contributed by atoms with E-state index < -0.39 is 0 Å². The number of rotatable bonds is 2. The summed E-state index contributed by atoms with van der Waals surface area (Å²) < 4.78 is 0. The number of nitrogens with zero attached hydrogens (tertiary/aromatic N) is 2. The molecule has 1 radical (unpaired) electrons. The summed E-state index contributed by atoms with van der Waals surface area (Å²) in [6, 6.07) is 18.6. The van der Waals surface area contributed by atoms with Crippen LogP contribution in [-0.2, 0) is 0 Å². The maximum absolute atomic E-state index is 9.87. The molecule has 1 N–H and O–H groups in total. The second kappa shape index (κ2) is 6.38. The smallest absolute Gasteiger partial charge is 0.124 e. The second-order valence-corrected chi connectivity index (χ2v) is 4.14. The summed E-state index contributed by atoms with van der Waals surface area (Å²) in [6.45, 7) is 0. The minimum absolute atomic E-state index is 0. The molecule has 0 unspecified atom stereocenters. The zero-order valence-electron chi connectivity index (χ0n) is 11.2. The normalized spacial score (nSPS) is 9.80. The maximum Gasteiger partial charge on any atom is 0.124 e. The fourth-order valence-electron chi connectivity index (χ4n) is 1.93. The van der Waals surface area contributed by atoms with Crippen molar-refractivity contribution in [3.05, 3.63) is 66.9 Å². The maximum atomic E-state index is 9.87. The summed E-state index contributed by atoms with van der Waals surface area (Å²) in [5, 5.41) is 9.87. The Morgan fingerprint density at radius 2 is 1.40 bits per heavy atom. The molecule has 1 aromatic carbocycles. The van der Waals surface area contributed by atoms with Gasteiger partial charge >= 0.3 is 0 Å². The number of benzene rings is 1. The molecule has 2 heterocycles. The van der Waals surface area contributed by atoms with Gasteiger partial charge in [-0.3, -0.25) is 4.98 Å². The molecule has 93 valence electrons. The quantitative estimate of drug-likeness (QED) is 0.715. The van der Waals surface area contributed by atoms with E-state index in [2.05, 4.69) is 9.97 Å². The minimum atomic E-state index is 0. The summed E-state index contributed by atoms with van der Waals surface area (Å²) in [5.41, 5.74) is 3.07. The summed E-state index contributed by atoms with van der Waals surface area (Å²) in [6.07, 6.45) is 1.74. The molecule has 0 atom stereocenters. The van der Waals surface area contributed by atoms with Crippen LogP contribution in [0.2, 0.25) is 0 Å². The van der Waals surface area contributed by atoms with Gasteiger partial charge in [-0.15, -0.1) is 0 Å². The molecule has 0 aliphatic heterocycles. The van der Waals surface area contributed by atoms with E-state index in [9.17, 15) is 5.11 Å². The first kappa shape index (κ1) is 14.3. The molecule has 0 saturated carbocycles. The molecule has 0 fully saturated rings. The number of para-hydroxylation sites is 1. The second-order valence-electron chi connectivity index (χ2n) is 4.14. The van der Waals surface area contributed by atoms with E-state index >= 15 is 0 Å². The molecule has 0 saturated heterocycles. The molecule has 0 aliphatic rings. The van der Waals surface area contributed by atoms with Crippen LogP contribution >= 0.6 is 0 Å². The molecule has 3 nitrogen and oxygen atoms in total. The Bertz CT molecular complexity index is 702. The van der Waals surface area contributed by atoms with Crippen molar-refractivity contribution in [2.75, 3.05) is 0 Å². The third kappa shape index (κ3) is 2.91. The first-order valence-corrected chi connectivity index (χ1v) is 6.01. The Hall–Kier alpha value is -2.08. The molecule has 0 aliphatic carbocycles. The van der Waals surface area contributed by atoms with Gasteiger partial charge in [0.2, 0.25) is 0 Å². The topological polar surface area (TPSA) is 46.0 Å². The van der Waals surface area contributed by atoms with E-state index in [0.717, 1.165) is 22.6 Å². The number of aromatic hydroxyl groups is 1. The predicted octanol–water partition coefficient (Wildman–Crippen LogP) is 3.14. The number of hydrogen-bond acceptors (Lipinski definition) is 3. The van der Waals surface area contributed by atoms with Gasteiger partial charge in [0.25, 0.3) is 0 Å². The van der Waals surface area contributed by atoms with Gasteiger partial charge in [0.15, 0.2) is 0 Å². The Kier molecular flexibility index (Phi) is 4.57. The molecule has 20 heavy (non-hydrogen) atoms. The van der Waals surface area contributed by atoms with Crippen LogP contribution in [0, 0.1) is 0 Å². The first-order valence-electron chi connectivity index (χ1n) is 6.01. The number of phenolic OH excluding ortho intramolecular Hbond substituents is 1. The number of hydrogen-bond donors (Lipinski definition) is 1. The molecule has 0 spiro atoms. The zero-order chi connectivity index (χ0) is 13.1. The minimum Gasteiger partial charge on any atom is -0.507 e. The van der Waals surface area contributed by atoms with Gasteiger partial charge in [0.05, 0.1) is 17.1 Å². The SMILES string of the molecule is Oc1ccccc1-c1cccc(-c2ccccn2)n1.[Li]. The molecule has 2 aromatic heterocycles. The fraction of sp³-hybridized carbons (Fsp3) is 0. The molecule has 0 amide bonds. The van der Waals surface area contributed by atoms with Crippen LogP contribution in [0.25, 0.3) is 22.6 Å². The third-order valence-corrected chi connectivity index (χ3v) is 2.86. The van der Waals surface area contributed by atoms with Crippen molar-refractivity contribution in [1.82, 2.24) is 9.97 Å². The van der Waals surface area contributed by atoms with Crippen molar-refractivity contribution in [1.29, 1.82) is 0 Å². The van der Waals surface area contributed by atoms with Gasteiger partial charge in [-0.05, 0) is 36.4 Å². The van der Waals surface area contributed by atoms with E-state index in [0.29, 0.717) is 0 Å². The first-order chi connectivity index (χ1) is 9.34. The van der Waals surface area contributed by atoms with Crippen LogP contribution in [0.3, 0.4) is 0 Å². The van der Waals surface area contributed by atoms with Crippen LogP contribution < -0.4 is 0 Å². The van der Waals surface area contributed by atoms with Gasteiger partial charge in [0, 0.05) is 30.6 Å². The molecular formula is C16H12LiN2O. The van der Waals surface area contributed by atoms with E-state index in [1.54, 1.807) is 18.3 Å². The number of phenols is 1. The number of pyridine rings is 2. The third-order valence-electron chi connectivity index (χ3n) is 2.86. The summed E-state index contributed by atoms with van der Waals surface area (Å²) in [7, 11) is 0. The van der Waals surface area contributed by atoms with Gasteiger partial charge in [-0.2, -0.15) is 0 Å². The van der Waals surface area contributed by atoms with Crippen LogP contribution in [-0.4, -0.2) is 33.9 Å². The zero-order valence-corrected chi connectivity index (χ0v) is 11.2. The van der Waals surface area contributed by atoms with Crippen LogP contribution in [0.15, 0.2) is 66.9 Å². The van der Waals surface area contributed by atoms with Crippen molar-refractivity contribution in [3.63, 3.8) is 0 Å². The van der Waals surface area contributed by atoms with Crippen molar-refractivity contribution in [2.45, 2.75) is 0 Å².